The van der Waals surface area contributed by atoms with Gasteiger partial charge in [-0.05, 0) is 31.0 Å². The largest absolute Gasteiger partial charge is 0.495 e. The first-order valence-electron chi connectivity index (χ1n) is 3.74. The molecule has 0 unspecified atom stereocenters. The molecule has 0 aliphatic rings. The molecule has 0 saturated carbocycles. The molecule has 1 aromatic rings. The van der Waals surface area contributed by atoms with Gasteiger partial charge in [0, 0.05) is 0 Å². The van der Waals surface area contributed by atoms with Crippen LogP contribution in [0, 0.1) is 25.2 Å². The van der Waals surface area contributed by atoms with Crippen LogP contribution in [0.1, 0.15) is 16.7 Å². The standard InChI is InChI=1S/C10H11NO/c1-7-4-8(2)10(12-3)9(5-7)6-11/h4-5H,1-3H3. The van der Waals surface area contributed by atoms with E-state index in [9.17, 15) is 0 Å². The van der Waals surface area contributed by atoms with Gasteiger partial charge in [0.05, 0.1) is 12.7 Å². The van der Waals surface area contributed by atoms with Crippen LogP contribution < -0.4 is 4.74 Å². The molecule has 0 fully saturated rings. The Balaban J connectivity index is 3.36. The van der Waals surface area contributed by atoms with E-state index < -0.39 is 0 Å². The van der Waals surface area contributed by atoms with Crippen molar-refractivity contribution in [2.24, 2.45) is 0 Å². The van der Waals surface area contributed by atoms with E-state index in [1.807, 2.05) is 26.0 Å². The quantitative estimate of drug-likeness (QED) is 0.632. The lowest BCUT2D eigenvalue weighted by molar-refractivity contribution is 0.410. The predicted octanol–water partition coefficient (Wildman–Crippen LogP) is 2.18. The third kappa shape index (κ3) is 1.40. The highest BCUT2D eigenvalue weighted by molar-refractivity contribution is 5.50. The van der Waals surface area contributed by atoms with Gasteiger partial charge in [-0.3, -0.25) is 0 Å². The maximum atomic E-state index is 8.77. The molecule has 0 aliphatic heterocycles. The number of ether oxygens (including phenoxy) is 1. The van der Waals surface area contributed by atoms with Crippen LogP contribution in [0.3, 0.4) is 0 Å². The number of nitrogens with zero attached hydrogens (tertiary/aromatic N) is 1. The van der Waals surface area contributed by atoms with Crippen molar-refractivity contribution in [2.45, 2.75) is 13.8 Å². The van der Waals surface area contributed by atoms with Crippen LogP contribution >= 0.6 is 0 Å². The van der Waals surface area contributed by atoms with E-state index in [2.05, 4.69) is 6.07 Å². The highest BCUT2D eigenvalue weighted by atomic mass is 16.5. The van der Waals surface area contributed by atoms with Crippen LogP contribution in [0.5, 0.6) is 5.75 Å². The van der Waals surface area contributed by atoms with Gasteiger partial charge in [0.25, 0.3) is 0 Å². The van der Waals surface area contributed by atoms with Crippen molar-refractivity contribution in [3.8, 4) is 11.8 Å². The van der Waals surface area contributed by atoms with E-state index in [1.165, 1.54) is 0 Å². The molecule has 1 rings (SSSR count). The second kappa shape index (κ2) is 3.27. The second-order valence-corrected chi connectivity index (χ2v) is 2.77. The van der Waals surface area contributed by atoms with E-state index >= 15 is 0 Å². The first kappa shape index (κ1) is 8.61. The molecule has 0 aromatic heterocycles. The second-order valence-electron chi connectivity index (χ2n) is 2.77. The Morgan fingerprint density at radius 2 is 2.00 bits per heavy atom. The van der Waals surface area contributed by atoms with Gasteiger partial charge in [0.15, 0.2) is 0 Å². The van der Waals surface area contributed by atoms with Crippen LogP contribution in [0.25, 0.3) is 0 Å². The van der Waals surface area contributed by atoms with Gasteiger partial charge in [0.2, 0.25) is 0 Å². The van der Waals surface area contributed by atoms with Gasteiger partial charge in [-0.15, -0.1) is 0 Å². The monoisotopic (exact) mass is 161 g/mol. The Morgan fingerprint density at radius 3 is 2.50 bits per heavy atom. The minimum Gasteiger partial charge on any atom is -0.495 e. The van der Waals surface area contributed by atoms with Crippen molar-refractivity contribution in [1.29, 1.82) is 5.26 Å². The van der Waals surface area contributed by atoms with E-state index in [0.29, 0.717) is 11.3 Å². The smallest absolute Gasteiger partial charge is 0.139 e. The van der Waals surface area contributed by atoms with Crippen LogP contribution in [-0.4, -0.2) is 7.11 Å². The maximum absolute atomic E-state index is 8.77. The van der Waals surface area contributed by atoms with Crippen molar-refractivity contribution in [1.82, 2.24) is 0 Å². The molecule has 62 valence electrons. The summed E-state index contributed by atoms with van der Waals surface area (Å²) in [7, 11) is 1.58. The van der Waals surface area contributed by atoms with Gasteiger partial charge < -0.3 is 4.74 Å². The third-order valence-electron chi connectivity index (χ3n) is 1.74. The van der Waals surface area contributed by atoms with E-state index in [1.54, 1.807) is 7.11 Å². The summed E-state index contributed by atoms with van der Waals surface area (Å²) in [6, 6.07) is 5.93. The number of hydrogen-bond acceptors (Lipinski definition) is 2. The fourth-order valence-corrected chi connectivity index (χ4v) is 1.31. The lowest BCUT2D eigenvalue weighted by Crippen LogP contribution is -1.92. The first-order chi connectivity index (χ1) is 5.69. The molecule has 0 amide bonds. The lowest BCUT2D eigenvalue weighted by Gasteiger charge is -2.06. The zero-order valence-electron chi connectivity index (χ0n) is 7.51. The molecular formula is C10H11NO. The summed E-state index contributed by atoms with van der Waals surface area (Å²) in [5.74, 6) is 0.683. The van der Waals surface area contributed by atoms with Crippen molar-refractivity contribution >= 4 is 0 Å². The molecule has 0 radical (unpaired) electrons. The fraction of sp³-hybridized carbons (Fsp3) is 0.300. The summed E-state index contributed by atoms with van der Waals surface area (Å²) in [5.41, 5.74) is 2.70. The van der Waals surface area contributed by atoms with Crippen molar-refractivity contribution in [3.05, 3.63) is 28.8 Å². The van der Waals surface area contributed by atoms with Gasteiger partial charge in [-0.2, -0.15) is 5.26 Å². The van der Waals surface area contributed by atoms with Gasteiger partial charge in [-0.25, -0.2) is 0 Å². The Morgan fingerprint density at radius 1 is 1.33 bits per heavy atom. The Hall–Kier alpha value is -1.49. The van der Waals surface area contributed by atoms with E-state index in [-0.39, 0.29) is 0 Å². The molecule has 2 heteroatoms. The molecule has 2 nitrogen and oxygen atoms in total. The van der Waals surface area contributed by atoms with Crippen molar-refractivity contribution in [2.75, 3.05) is 7.11 Å². The average molecular weight is 161 g/mol. The minimum absolute atomic E-state index is 0.606. The summed E-state index contributed by atoms with van der Waals surface area (Å²) >= 11 is 0. The molecule has 0 aliphatic carbocycles. The lowest BCUT2D eigenvalue weighted by atomic mass is 10.1. The topological polar surface area (TPSA) is 33.0 Å². The molecular weight excluding hydrogens is 150 g/mol. The number of benzene rings is 1. The normalized spacial score (nSPS) is 9.17. The van der Waals surface area contributed by atoms with Crippen LogP contribution in [0.2, 0.25) is 0 Å². The highest BCUT2D eigenvalue weighted by Gasteiger charge is 2.05. The molecule has 0 N–H and O–H groups in total. The first-order valence-corrected chi connectivity index (χ1v) is 3.74. The van der Waals surface area contributed by atoms with Crippen LogP contribution in [0.15, 0.2) is 12.1 Å². The van der Waals surface area contributed by atoms with Crippen molar-refractivity contribution < 1.29 is 4.74 Å². The summed E-state index contributed by atoms with van der Waals surface area (Å²) in [6.07, 6.45) is 0. The minimum atomic E-state index is 0.606. The fourth-order valence-electron chi connectivity index (χ4n) is 1.31. The van der Waals surface area contributed by atoms with Gasteiger partial charge >= 0.3 is 0 Å². The molecule has 12 heavy (non-hydrogen) atoms. The number of methoxy groups -OCH3 is 1. The molecule has 0 saturated heterocycles. The summed E-state index contributed by atoms with van der Waals surface area (Å²) in [4.78, 5) is 0. The molecule has 0 heterocycles. The number of hydrogen-bond donors (Lipinski definition) is 0. The molecule has 0 atom stereocenters. The maximum Gasteiger partial charge on any atom is 0.139 e. The van der Waals surface area contributed by atoms with E-state index in [4.69, 9.17) is 10.00 Å². The van der Waals surface area contributed by atoms with Crippen LogP contribution in [0.4, 0.5) is 0 Å². The zero-order valence-corrected chi connectivity index (χ0v) is 7.51. The number of nitriles is 1. The third-order valence-corrected chi connectivity index (χ3v) is 1.74. The molecule has 0 spiro atoms. The highest BCUT2D eigenvalue weighted by Crippen LogP contribution is 2.23. The number of aryl methyl sites for hydroxylation is 2. The van der Waals surface area contributed by atoms with Gasteiger partial charge in [0.1, 0.15) is 11.8 Å². The molecule has 1 aromatic carbocycles. The zero-order chi connectivity index (χ0) is 9.14. The summed E-state index contributed by atoms with van der Waals surface area (Å²) < 4.78 is 5.10. The SMILES string of the molecule is COc1c(C)cc(C)cc1C#N. The van der Waals surface area contributed by atoms with Gasteiger partial charge in [-0.1, -0.05) is 6.07 Å². The van der Waals surface area contributed by atoms with E-state index in [0.717, 1.165) is 11.1 Å². The average Bonchev–Trinajstić information content (AvgIpc) is 2.03. The molecule has 0 bridgehead atoms. The van der Waals surface area contributed by atoms with Crippen molar-refractivity contribution in [3.63, 3.8) is 0 Å². The van der Waals surface area contributed by atoms with Crippen LogP contribution in [-0.2, 0) is 0 Å². The Bertz CT molecular complexity index is 336. The number of rotatable bonds is 1. The summed E-state index contributed by atoms with van der Waals surface area (Å²) in [5, 5.41) is 8.77. The predicted molar refractivity (Wildman–Crippen MR) is 47.2 cm³/mol. The Labute approximate surface area is 72.4 Å². The Kier molecular flexibility index (Phi) is 2.35. The summed E-state index contributed by atoms with van der Waals surface area (Å²) in [6.45, 7) is 3.90.